The van der Waals surface area contributed by atoms with Gasteiger partial charge in [-0.25, -0.2) is 4.98 Å². The van der Waals surface area contributed by atoms with E-state index in [4.69, 9.17) is 16.6 Å². The highest BCUT2D eigenvalue weighted by molar-refractivity contribution is 9.10. The summed E-state index contributed by atoms with van der Waals surface area (Å²) >= 11 is 14.9. The van der Waals surface area contributed by atoms with E-state index >= 15 is 0 Å². The van der Waals surface area contributed by atoms with Crippen LogP contribution in [0, 0.1) is 0 Å². The number of aromatic nitrogens is 1. The number of nitrogens with zero attached hydrogens (tertiary/aromatic N) is 1. The van der Waals surface area contributed by atoms with Gasteiger partial charge in [0.25, 0.3) is 0 Å². The van der Waals surface area contributed by atoms with E-state index in [-0.39, 0.29) is 0 Å². The average molecular weight is 430 g/mol. The molecule has 1 heterocycles. The molecule has 0 unspecified atom stereocenters. The first kappa shape index (κ1) is 14.3. The Bertz CT molecular complexity index is 770. The van der Waals surface area contributed by atoms with Gasteiger partial charge in [0.1, 0.15) is 5.01 Å². The van der Waals surface area contributed by atoms with Crippen molar-refractivity contribution in [1.82, 2.24) is 4.98 Å². The van der Waals surface area contributed by atoms with Crippen molar-refractivity contribution >= 4 is 54.8 Å². The summed E-state index contributed by atoms with van der Waals surface area (Å²) in [6.45, 7) is 0. The molecule has 0 bridgehead atoms. The van der Waals surface area contributed by atoms with Crippen molar-refractivity contribution in [2.75, 3.05) is 0 Å². The van der Waals surface area contributed by atoms with Gasteiger partial charge in [-0.3, -0.25) is 0 Å². The van der Waals surface area contributed by atoms with Crippen LogP contribution < -0.4 is 0 Å². The minimum atomic E-state index is 0.698. The molecule has 3 rings (SSSR count). The maximum atomic E-state index is 6.28. The Labute approximate surface area is 142 Å². The van der Waals surface area contributed by atoms with E-state index in [2.05, 4.69) is 37.9 Å². The standard InChI is InChI=1S/C15H8Br2ClNS/c16-9-5-6-11(13(18)7-9)14-8-20-15(19-14)10-3-1-2-4-12(10)17/h1-8H. The Hall–Kier alpha value is -0.680. The Morgan fingerprint density at radius 1 is 1.00 bits per heavy atom. The number of hydrogen-bond acceptors (Lipinski definition) is 2. The number of benzene rings is 2. The summed E-state index contributed by atoms with van der Waals surface area (Å²) in [7, 11) is 0. The van der Waals surface area contributed by atoms with Crippen molar-refractivity contribution in [2.24, 2.45) is 0 Å². The molecule has 0 aliphatic carbocycles. The molecular weight excluding hydrogens is 422 g/mol. The Morgan fingerprint density at radius 3 is 2.55 bits per heavy atom. The van der Waals surface area contributed by atoms with Crippen molar-refractivity contribution in [3.8, 4) is 21.8 Å². The molecule has 1 aromatic heterocycles. The van der Waals surface area contributed by atoms with E-state index in [0.29, 0.717) is 5.02 Å². The van der Waals surface area contributed by atoms with Gasteiger partial charge >= 0.3 is 0 Å². The summed E-state index contributed by atoms with van der Waals surface area (Å²) in [6.07, 6.45) is 0. The SMILES string of the molecule is Clc1cc(Br)ccc1-c1csc(-c2ccccc2Br)n1. The minimum Gasteiger partial charge on any atom is -0.236 e. The lowest BCUT2D eigenvalue weighted by Crippen LogP contribution is -1.82. The van der Waals surface area contributed by atoms with E-state index in [1.807, 2.05) is 41.8 Å². The summed E-state index contributed by atoms with van der Waals surface area (Å²) < 4.78 is 2.01. The lowest BCUT2D eigenvalue weighted by Gasteiger charge is -2.02. The van der Waals surface area contributed by atoms with Gasteiger partial charge in [-0.2, -0.15) is 0 Å². The maximum absolute atomic E-state index is 6.28. The summed E-state index contributed by atoms with van der Waals surface area (Å²) in [5.74, 6) is 0. The molecule has 0 radical (unpaired) electrons. The predicted octanol–water partition coefficient (Wildman–Crippen LogP) is 6.66. The molecule has 0 spiro atoms. The van der Waals surface area contributed by atoms with Crippen LogP contribution in [0.4, 0.5) is 0 Å². The first-order valence-corrected chi connectivity index (χ1v) is 8.65. The highest BCUT2D eigenvalue weighted by atomic mass is 79.9. The number of halogens is 3. The van der Waals surface area contributed by atoms with Gasteiger partial charge in [-0.05, 0) is 18.2 Å². The topological polar surface area (TPSA) is 12.9 Å². The number of thiazole rings is 1. The second-order valence-corrected chi connectivity index (χ2v) is 7.18. The van der Waals surface area contributed by atoms with Crippen LogP contribution in [0.5, 0.6) is 0 Å². The van der Waals surface area contributed by atoms with Crippen LogP contribution in [0.3, 0.4) is 0 Å². The zero-order valence-electron chi connectivity index (χ0n) is 10.1. The molecule has 20 heavy (non-hydrogen) atoms. The zero-order valence-corrected chi connectivity index (χ0v) is 14.9. The molecule has 0 N–H and O–H groups in total. The second kappa shape index (κ2) is 5.98. The molecule has 0 aliphatic heterocycles. The Morgan fingerprint density at radius 2 is 1.80 bits per heavy atom. The smallest absolute Gasteiger partial charge is 0.125 e. The summed E-state index contributed by atoms with van der Waals surface area (Å²) in [4.78, 5) is 4.69. The quantitative estimate of drug-likeness (QED) is 0.444. The normalized spacial score (nSPS) is 10.8. The van der Waals surface area contributed by atoms with Gasteiger partial charge in [0.15, 0.2) is 0 Å². The molecule has 2 aromatic carbocycles. The molecule has 0 saturated heterocycles. The van der Waals surface area contributed by atoms with E-state index in [9.17, 15) is 0 Å². The second-order valence-electron chi connectivity index (χ2n) is 4.14. The van der Waals surface area contributed by atoms with E-state index in [1.54, 1.807) is 11.3 Å². The summed E-state index contributed by atoms with van der Waals surface area (Å²) in [5.41, 5.74) is 2.94. The number of rotatable bonds is 2. The lowest BCUT2D eigenvalue weighted by molar-refractivity contribution is 1.39. The molecule has 0 saturated carbocycles. The predicted molar refractivity (Wildman–Crippen MR) is 93.4 cm³/mol. The fourth-order valence-electron chi connectivity index (χ4n) is 1.85. The molecule has 3 aromatic rings. The van der Waals surface area contributed by atoms with Gasteiger partial charge in [0, 0.05) is 25.5 Å². The first-order valence-electron chi connectivity index (χ1n) is 5.81. The van der Waals surface area contributed by atoms with Crippen molar-refractivity contribution in [3.63, 3.8) is 0 Å². The molecular formula is C15H8Br2ClNS. The van der Waals surface area contributed by atoms with Crippen molar-refractivity contribution < 1.29 is 0 Å². The van der Waals surface area contributed by atoms with Crippen molar-refractivity contribution in [1.29, 1.82) is 0 Å². The van der Waals surface area contributed by atoms with Gasteiger partial charge in [0.2, 0.25) is 0 Å². The fourth-order valence-corrected chi connectivity index (χ4v) is 4.09. The van der Waals surface area contributed by atoms with Crippen LogP contribution in [0.25, 0.3) is 21.8 Å². The molecule has 5 heteroatoms. The molecule has 100 valence electrons. The summed E-state index contributed by atoms with van der Waals surface area (Å²) in [5, 5.41) is 3.71. The molecule has 1 nitrogen and oxygen atoms in total. The third-order valence-electron chi connectivity index (χ3n) is 2.82. The van der Waals surface area contributed by atoms with Crippen molar-refractivity contribution in [2.45, 2.75) is 0 Å². The third-order valence-corrected chi connectivity index (χ3v) is 5.19. The fraction of sp³-hybridized carbons (Fsp3) is 0. The van der Waals surface area contributed by atoms with Gasteiger partial charge in [0.05, 0.1) is 10.7 Å². The molecule has 0 amide bonds. The largest absolute Gasteiger partial charge is 0.236 e. The minimum absolute atomic E-state index is 0.698. The van der Waals surface area contributed by atoms with Crippen LogP contribution in [-0.2, 0) is 0 Å². The first-order chi connectivity index (χ1) is 9.65. The van der Waals surface area contributed by atoms with Crippen LogP contribution in [0.1, 0.15) is 0 Å². The molecule has 0 fully saturated rings. The van der Waals surface area contributed by atoms with Gasteiger partial charge in [-0.15, -0.1) is 11.3 Å². The van der Waals surface area contributed by atoms with E-state index < -0.39 is 0 Å². The third kappa shape index (κ3) is 2.84. The highest BCUT2D eigenvalue weighted by Gasteiger charge is 2.11. The maximum Gasteiger partial charge on any atom is 0.125 e. The molecule has 0 aliphatic rings. The van der Waals surface area contributed by atoms with Crippen LogP contribution >= 0.6 is 54.8 Å². The van der Waals surface area contributed by atoms with Crippen molar-refractivity contribution in [3.05, 3.63) is 61.8 Å². The molecule has 0 atom stereocenters. The summed E-state index contributed by atoms with van der Waals surface area (Å²) in [6, 6.07) is 13.9. The lowest BCUT2D eigenvalue weighted by atomic mass is 10.2. The van der Waals surface area contributed by atoms with Crippen LogP contribution in [-0.4, -0.2) is 4.98 Å². The van der Waals surface area contributed by atoms with E-state index in [1.165, 1.54) is 0 Å². The zero-order chi connectivity index (χ0) is 14.1. The van der Waals surface area contributed by atoms with E-state index in [0.717, 1.165) is 30.8 Å². The Balaban J connectivity index is 2.04. The Kier molecular flexibility index (Phi) is 4.26. The highest BCUT2D eigenvalue weighted by Crippen LogP contribution is 2.36. The van der Waals surface area contributed by atoms with Crippen LogP contribution in [0.2, 0.25) is 5.02 Å². The van der Waals surface area contributed by atoms with Gasteiger partial charge in [-0.1, -0.05) is 67.7 Å². The average Bonchev–Trinajstić information content (AvgIpc) is 2.88. The van der Waals surface area contributed by atoms with Crippen LogP contribution in [0.15, 0.2) is 56.8 Å². The van der Waals surface area contributed by atoms with Gasteiger partial charge < -0.3 is 0 Å². The monoisotopic (exact) mass is 427 g/mol. The number of hydrogen-bond donors (Lipinski definition) is 0.